The molecule has 4 nitrogen and oxygen atoms in total. The second-order valence-corrected chi connectivity index (χ2v) is 4.79. The number of anilines is 1. The number of nitrogens with zero attached hydrogens (tertiary/aromatic N) is 1. The number of benzene rings is 2. The Hall–Kier alpha value is -2.22. The molecule has 100 valence electrons. The van der Waals surface area contributed by atoms with Gasteiger partial charge in [0.2, 0.25) is 0 Å². The standard InChI is InChI=1S/C14H8Cl2N2O2/c15-9-2-1-8(7-17)12(5-9)18-14(20)11-4-3-10(16)6-13(11)19/h1-6,19H,(H,18,20). The van der Waals surface area contributed by atoms with Crippen LogP contribution in [0.3, 0.4) is 0 Å². The lowest BCUT2D eigenvalue weighted by Crippen LogP contribution is -2.13. The van der Waals surface area contributed by atoms with Crippen molar-refractivity contribution in [2.24, 2.45) is 0 Å². The first-order chi connectivity index (χ1) is 9.51. The molecule has 2 aromatic carbocycles. The number of amides is 1. The molecule has 0 aliphatic heterocycles. The lowest BCUT2D eigenvalue weighted by Gasteiger charge is -2.09. The van der Waals surface area contributed by atoms with Crippen molar-refractivity contribution >= 4 is 34.8 Å². The summed E-state index contributed by atoms with van der Waals surface area (Å²) in [7, 11) is 0. The zero-order valence-electron chi connectivity index (χ0n) is 10.0. The minimum atomic E-state index is -0.557. The summed E-state index contributed by atoms with van der Waals surface area (Å²) in [5.41, 5.74) is 0.605. The van der Waals surface area contributed by atoms with E-state index in [0.29, 0.717) is 10.0 Å². The number of nitriles is 1. The summed E-state index contributed by atoms with van der Waals surface area (Å²) in [6.07, 6.45) is 0. The van der Waals surface area contributed by atoms with Crippen LogP contribution in [0.4, 0.5) is 5.69 Å². The molecule has 0 atom stereocenters. The average Bonchev–Trinajstić information content (AvgIpc) is 2.38. The minimum absolute atomic E-state index is 0.0539. The fourth-order valence-electron chi connectivity index (χ4n) is 1.60. The molecule has 0 aromatic heterocycles. The predicted molar refractivity (Wildman–Crippen MR) is 77.2 cm³/mol. The molecule has 20 heavy (non-hydrogen) atoms. The number of phenolic OH excluding ortho intramolecular Hbond substituents is 1. The molecule has 0 heterocycles. The van der Waals surface area contributed by atoms with Crippen molar-refractivity contribution in [3.05, 3.63) is 57.6 Å². The third kappa shape index (κ3) is 3.02. The lowest BCUT2D eigenvalue weighted by atomic mass is 10.1. The molecule has 0 bridgehead atoms. The first-order valence-corrected chi connectivity index (χ1v) is 6.26. The molecule has 6 heteroatoms. The van der Waals surface area contributed by atoms with E-state index in [-0.39, 0.29) is 22.6 Å². The molecular formula is C14H8Cl2N2O2. The van der Waals surface area contributed by atoms with Crippen LogP contribution in [0.25, 0.3) is 0 Å². The van der Waals surface area contributed by atoms with Crippen LogP contribution in [0.1, 0.15) is 15.9 Å². The Labute approximate surface area is 125 Å². The van der Waals surface area contributed by atoms with Crippen LogP contribution in [0, 0.1) is 11.3 Å². The van der Waals surface area contributed by atoms with Gasteiger partial charge in [-0.05, 0) is 36.4 Å². The first kappa shape index (κ1) is 14.2. The van der Waals surface area contributed by atoms with Crippen LogP contribution in [0.2, 0.25) is 10.0 Å². The van der Waals surface area contributed by atoms with Gasteiger partial charge in [-0.15, -0.1) is 0 Å². The van der Waals surface area contributed by atoms with Gasteiger partial charge in [-0.25, -0.2) is 0 Å². The third-order valence-electron chi connectivity index (χ3n) is 2.55. The highest BCUT2D eigenvalue weighted by molar-refractivity contribution is 6.31. The number of nitrogens with one attached hydrogen (secondary N) is 1. The Morgan fingerprint density at radius 1 is 1.15 bits per heavy atom. The molecule has 0 aliphatic carbocycles. The summed E-state index contributed by atoms with van der Waals surface area (Å²) < 4.78 is 0. The Bertz CT molecular complexity index is 724. The number of carbonyl (C=O) groups is 1. The van der Waals surface area contributed by atoms with E-state index in [1.54, 1.807) is 6.07 Å². The van der Waals surface area contributed by atoms with Crippen molar-refractivity contribution in [3.8, 4) is 11.8 Å². The number of phenols is 1. The number of hydrogen-bond acceptors (Lipinski definition) is 3. The van der Waals surface area contributed by atoms with Gasteiger partial charge in [-0.3, -0.25) is 4.79 Å². The van der Waals surface area contributed by atoms with Gasteiger partial charge in [-0.2, -0.15) is 5.26 Å². The van der Waals surface area contributed by atoms with Crippen LogP contribution < -0.4 is 5.32 Å². The van der Waals surface area contributed by atoms with Crippen molar-refractivity contribution in [1.29, 1.82) is 5.26 Å². The number of halogens is 2. The molecule has 0 spiro atoms. The van der Waals surface area contributed by atoms with Gasteiger partial charge < -0.3 is 10.4 Å². The van der Waals surface area contributed by atoms with Crippen LogP contribution in [-0.2, 0) is 0 Å². The zero-order chi connectivity index (χ0) is 14.7. The summed E-state index contributed by atoms with van der Waals surface area (Å²) >= 11 is 11.5. The highest BCUT2D eigenvalue weighted by Gasteiger charge is 2.13. The molecule has 0 aliphatic rings. The molecule has 2 aromatic rings. The Morgan fingerprint density at radius 2 is 1.80 bits per heavy atom. The second-order valence-electron chi connectivity index (χ2n) is 3.92. The molecule has 2 rings (SSSR count). The van der Waals surface area contributed by atoms with Gasteiger partial charge >= 0.3 is 0 Å². The van der Waals surface area contributed by atoms with E-state index in [0.717, 1.165) is 0 Å². The number of carbonyl (C=O) groups excluding carboxylic acids is 1. The number of hydrogen-bond donors (Lipinski definition) is 2. The van der Waals surface area contributed by atoms with Gasteiger partial charge in [0.15, 0.2) is 0 Å². The largest absolute Gasteiger partial charge is 0.507 e. The fraction of sp³-hybridized carbons (Fsp3) is 0. The first-order valence-electron chi connectivity index (χ1n) is 5.51. The van der Waals surface area contributed by atoms with Crippen LogP contribution in [-0.4, -0.2) is 11.0 Å². The van der Waals surface area contributed by atoms with E-state index in [2.05, 4.69) is 5.32 Å². The van der Waals surface area contributed by atoms with Crippen LogP contribution in [0.15, 0.2) is 36.4 Å². The average molecular weight is 307 g/mol. The minimum Gasteiger partial charge on any atom is -0.507 e. The van der Waals surface area contributed by atoms with Crippen molar-refractivity contribution in [1.82, 2.24) is 0 Å². The summed E-state index contributed by atoms with van der Waals surface area (Å²) in [6, 6.07) is 10.6. The fourth-order valence-corrected chi connectivity index (χ4v) is 1.94. The topological polar surface area (TPSA) is 73.1 Å². The molecular weight excluding hydrogens is 299 g/mol. The smallest absolute Gasteiger partial charge is 0.259 e. The van der Waals surface area contributed by atoms with E-state index in [9.17, 15) is 9.90 Å². The van der Waals surface area contributed by atoms with Crippen molar-refractivity contribution < 1.29 is 9.90 Å². The molecule has 1 amide bonds. The summed E-state index contributed by atoms with van der Waals surface area (Å²) in [5, 5.41) is 21.9. The van der Waals surface area contributed by atoms with E-state index < -0.39 is 5.91 Å². The molecule has 0 unspecified atom stereocenters. The van der Waals surface area contributed by atoms with Gasteiger partial charge in [0.05, 0.1) is 16.8 Å². The van der Waals surface area contributed by atoms with Crippen LogP contribution >= 0.6 is 23.2 Å². The predicted octanol–water partition coefficient (Wildman–Crippen LogP) is 3.82. The maximum absolute atomic E-state index is 12.1. The van der Waals surface area contributed by atoms with E-state index in [1.807, 2.05) is 6.07 Å². The lowest BCUT2D eigenvalue weighted by molar-refractivity contribution is 0.102. The van der Waals surface area contributed by atoms with E-state index in [1.165, 1.54) is 30.3 Å². The highest BCUT2D eigenvalue weighted by Crippen LogP contribution is 2.25. The van der Waals surface area contributed by atoms with Crippen molar-refractivity contribution in [2.45, 2.75) is 0 Å². The van der Waals surface area contributed by atoms with Gasteiger partial charge in [-0.1, -0.05) is 23.2 Å². The Kier molecular flexibility index (Phi) is 4.14. The quantitative estimate of drug-likeness (QED) is 0.885. The molecule has 0 saturated carbocycles. The Balaban J connectivity index is 2.33. The molecule has 0 fully saturated rings. The molecule has 0 saturated heterocycles. The van der Waals surface area contributed by atoms with Gasteiger partial charge in [0.1, 0.15) is 11.8 Å². The number of aromatic hydroxyl groups is 1. The maximum Gasteiger partial charge on any atom is 0.259 e. The zero-order valence-corrected chi connectivity index (χ0v) is 11.5. The summed E-state index contributed by atoms with van der Waals surface area (Å²) in [4.78, 5) is 12.1. The number of rotatable bonds is 2. The Morgan fingerprint density at radius 3 is 2.45 bits per heavy atom. The normalized spacial score (nSPS) is 9.85. The van der Waals surface area contributed by atoms with E-state index >= 15 is 0 Å². The van der Waals surface area contributed by atoms with Crippen molar-refractivity contribution in [3.63, 3.8) is 0 Å². The van der Waals surface area contributed by atoms with Crippen molar-refractivity contribution in [2.75, 3.05) is 5.32 Å². The molecule has 2 N–H and O–H groups in total. The monoisotopic (exact) mass is 306 g/mol. The third-order valence-corrected chi connectivity index (χ3v) is 3.02. The van der Waals surface area contributed by atoms with Gasteiger partial charge in [0, 0.05) is 10.0 Å². The maximum atomic E-state index is 12.1. The van der Waals surface area contributed by atoms with Gasteiger partial charge in [0.25, 0.3) is 5.91 Å². The summed E-state index contributed by atoms with van der Waals surface area (Å²) in [6.45, 7) is 0. The second kappa shape index (κ2) is 5.83. The highest BCUT2D eigenvalue weighted by atomic mass is 35.5. The SMILES string of the molecule is N#Cc1ccc(Cl)cc1NC(=O)c1ccc(Cl)cc1O. The van der Waals surface area contributed by atoms with E-state index in [4.69, 9.17) is 28.5 Å². The summed E-state index contributed by atoms with van der Waals surface area (Å²) in [5.74, 6) is -0.798. The molecule has 0 radical (unpaired) electrons. The van der Waals surface area contributed by atoms with Crippen LogP contribution in [0.5, 0.6) is 5.75 Å².